The van der Waals surface area contributed by atoms with Crippen LogP contribution in [-0.4, -0.2) is 30.0 Å². The van der Waals surface area contributed by atoms with Gasteiger partial charge in [-0.3, -0.25) is 0 Å². The van der Waals surface area contributed by atoms with Crippen molar-refractivity contribution in [2.75, 3.05) is 18.0 Å². The van der Waals surface area contributed by atoms with E-state index in [1.807, 2.05) is 0 Å². The van der Waals surface area contributed by atoms with Gasteiger partial charge in [-0.05, 0) is 18.2 Å². The van der Waals surface area contributed by atoms with Gasteiger partial charge in [0.1, 0.15) is 0 Å². The SMILES string of the molecule is N#Cc1cc(N2CC[C@@](O)(C(F)(F)F)C2)ccc1C(F)(F)F. The van der Waals surface area contributed by atoms with Gasteiger partial charge in [0.15, 0.2) is 5.60 Å². The largest absolute Gasteiger partial charge is 0.418 e. The first-order valence-corrected chi connectivity index (χ1v) is 6.13. The predicted octanol–water partition coefficient (Wildman–Crippen LogP) is 3.08. The van der Waals surface area contributed by atoms with Crippen LogP contribution in [0.4, 0.5) is 32.0 Å². The quantitative estimate of drug-likeness (QED) is 0.808. The molecular formula is C13H10F6N2O. The minimum absolute atomic E-state index is 0.0322. The van der Waals surface area contributed by atoms with Gasteiger partial charge in [0.25, 0.3) is 0 Å². The molecule has 1 N–H and O–H groups in total. The van der Waals surface area contributed by atoms with E-state index in [0.29, 0.717) is 6.07 Å². The molecule has 1 fully saturated rings. The molecule has 0 saturated carbocycles. The normalized spacial score (nSPS) is 22.7. The second-order valence-corrected chi connectivity index (χ2v) is 5.04. The van der Waals surface area contributed by atoms with Crippen LogP contribution in [-0.2, 0) is 6.18 Å². The lowest BCUT2D eigenvalue weighted by Crippen LogP contribution is -2.47. The number of rotatable bonds is 1. The third-order valence-electron chi connectivity index (χ3n) is 3.57. The molecule has 1 aliphatic heterocycles. The summed E-state index contributed by atoms with van der Waals surface area (Å²) in [6.07, 6.45) is -10.1. The number of alkyl halides is 6. The first-order valence-electron chi connectivity index (χ1n) is 6.13. The molecule has 1 saturated heterocycles. The number of halogens is 6. The third-order valence-corrected chi connectivity index (χ3v) is 3.57. The minimum atomic E-state index is -4.83. The lowest BCUT2D eigenvalue weighted by Gasteiger charge is -2.26. The number of hydrogen-bond donors (Lipinski definition) is 1. The van der Waals surface area contributed by atoms with Crippen LogP contribution < -0.4 is 4.90 Å². The van der Waals surface area contributed by atoms with Gasteiger partial charge in [0.2, 0.25) is 0 Å². The summed E-state index contributed by atoms with van der Waals surface area (Å²) in [7, 11) is 0. The molecule has 0 spiro atoms. The molecule has 1 aliphatic rings. The molecular weight excluding hydrogens is 314 g/mol. The zero-order valence-corrected chi connectivity index (χ0v) is 11.0. The lowest BCUT2D eigenvalue weighted by molar-refractivity contribution is -0.250. The van der Waals surface area contributed by atoms with Crippen LogP contribution >= 0.6 is 0 Å². The van der Waals surface area contributed by atoms with Crippen LogP contribution in [0.1, 0.15) is 17.5 Å². The number of aliphatic hydroxyl groups is 1. The number of hydrogen-bond acceptors (Lipinski definition) is 3. The molecule has 1 atom stereocenters. The number of β-amino-alcohol motifs (C(OH)–C–C–N with tert-alkyl or cyclic N) is 1. The Morgan fingerprint density at radius 2 is 1.82 bits per heavy atom. The standard InChI is InChI=1S/C13H10F6N2O/c14-12(15,16)10-2-1-9(5-8(10)6-20)21-4-3-11(22,7-21)13(17,18)19/h1-2,5,22H,3-4,7H2/t11-/m0/s1. The zero-order valence-electron chi connectivity index (χ0n) is 11.0. The molecule has 22 heavy (non-hydrogen) atoms. The van der Waals surface area contributed by atoms with E-state index in [9.17, 15) is 31.4 Å². The van der Waals surface area contributed by atoms with Crippen molar-refractivity contribution >= 4 is 5.69 Å². The molecule has 120 valence electrons. The summed E-state index contributed by atoms with van der Waals surface area (Å²) >= 11 is 0. The first kappa shape index (κ1) is 16.4. The average Bonchev–Trinajstić information content (AvgIpc) is 2.80. The summed E-state index contributed by atoms with van der Waals surface area (Å²) in [5.41, 5.74) is -4.69. The van der Waals surface area contributed by atoms with Crippen molar-refractivity contribution < 1.29 is 31.4 Å². The topological polar surface area (TPSA) is 47.3 Å². The molecule has 9 heteroatoms. The van der Waals surface area contributed by atoms with Crippen molar-refractivity contribution in [2.45, 2.75) is 24.4 Å². The highest BCUT2D eigenvalue weighted by atomic mass is 19.4. The van der Waals surface area contributed by atoms with Gasteiger partial charge >= 0.3 is 12.4 Å². The highest BCUT2D eigenvalue weighted by Crippen LogP contribution is 2.40. The van der Waals surface area contributed by atoms with Crippen molar-refractivity contribution in [3.8, 4) is 6.07 Å². The van der Waals surface area contributed by atoms with E-state index in [2.05, 4.69) is 0 Å². The van der Waals surface area contributed by atoms with Crippen molar-refractivity contribution in [1.29, 1.82) is 5.26 Å². The van der Waals surface area contributed by atoms with Crippen LogP contribution in [0, 0.1) is 11.3 Å². The van der Waals surface area contributed by atoms with Gasteiger partial charge in [0, 0.05) is 18.7 Å². The van der Waals surface area contributed by atoms with Crippen molar-refractivity contribution in [2.24, 2.45) is 0 Å². The smallest absolute Gasteiger partial charge is 0.379 e. The van der Waals surface area contributed by atoms with Gasteiger partial charge in [-0.1, -0.05) is 0 Å². The average molecular weight is 324 g/mol. The fourth-order valence-corrected chi connectivity index (χ4v) is 2.31. The van der Waals surface area contributed by atoms with Crippen LogP contribution in [0.3, 0.4) is 0 Å². The number of anilines is 1. The van der Waals surface area contributed by atoms with E-state index in [4.69, 9.17) is 5.26 Å². The Morgan fingerprint density at radius 3 is 2.27 bits per heavy atom. The number of benzene rings is 1. The van der Waals surface area contributed by atoms with E-state index in [1.165, 1.54) is 6.07 Å². The maximum atomic E-state index is 12.7. The molecule has 0 bridgehead atoms. The lowest BCUT2D eigenvalue weighted by atomic mass is 10.0. The first-order chi connectivity index (χ1) is 9.98. The van der Waals surface area contributed by atoms with Gasteiger partial charge in [-0.25, -0.2) is 0 Å². The predicted molar refractivity (Wildman–Crippen MR) is 64.0 cm³/mol. The summed E-state index contributed by atoms with van der Waals surface area (Å²) < 4.78 is 76.2. The van der Waals surface area contributed by atoms with Gasteiger partial charge in [0.05, 0.1) is 23.7 Å². The Hall–Kier alpha value is -1.95. The van der Waals surface area contributed by atoms with E-state index in [0.717, 1.165) is 17.0 Å². The highest BCUT2D eigenvalue weighted by Gasteiger charge is 2.57. The van der Waals surface area contributed by atoms with E-state index >= 15 is 0 Å². The van der Waals surface area contributed by atoms with Gasteiger partial charge in [-0.2, -0.15) is 31.6 Å². The summed E-state index contributed by atoms with van der Waals surface area (Å²) in [5, 5.41) is 18.3. The highest BCUT2D eigenvalue weighted by molar-refractivity contribution is 5.56. The van der Waals surface area contributed by atoms with Gasteiger partial charge < -0.3 is 10.0 Å². The minimum Gasteiger partial charge on any atom is -0.379 e. The fourth-order valence-electron chi connectivity index (χ4n) is 2.31. The molecule has 0 radical (unpaired) electrons. The van der Waals surface area contributed by atoms with Crippen LogP contribution in [0.2, 0.25) is 0 Å². The summed E-state index contributed by atoms with van der Waals surface area (Å²) in [5.74, 6) is 0. The summed E-state index contributed by atoms with van der Waals surface area (Å²) in [6.45, 7) is -0.959. The van der Waals surface area contributed by atoms with Crippen LogP contribution in [0.15, 0.2) is 18.2 Å². The molecule has 0 unspecified atom stereocenters. The maximum Gasteiger partial charge on any atom is 0.418 e. The van der Waals surface area contributed by atoms with E-state index in [-0.39, 0.29) is 12.2 Å². The Labute approximate surface area is 121 Å². The third kappa shape index (κ3) is 2.83. The van der Waals surface area contributed by atoms with Crippen molar-refractivity contribution in [1.82, 2.24) is 0 Å². The summed E-state index contributed by atoms with van der Waals surface area (Å²) in [4.78, 5) is 1.11. The van der Waals surface area contributed by atoms with Gasteiger partial charge in [-0.15, -0.1) is 0 Å². The van der Waals surface area contributed by atoms with E-state index in [1.54, 1.807) is 0 Å². The molecule has 2 rings (SSSR count). The Kier molecular flexibility index (Phi) is 3.77. The fraction of sp³-hybridized carbons (Fsp3) is 0.462. The molecule has 0 amide bonds. The van der Waals surface area contributed by atoms with Crippen LogP contribution in [0.5, 0.6) is 0 Å². The van der Waals surface area contributed by atoms with E-state index < -0.39 is 42.0 Å². The molecule has 1 aromatic carbocycles. The zero-order chi connectivity index (χ0) is 16.8. The Bertz CT molecular complexity index is 618. The number of nitriles is 1. The second-order valence-electron chi connectivity index (χ2n) is 5.04. The maximum absolute atomic E-state index is 12.7. The molecule has 0 aromatic heterocycles. The second kappa shape index (κ2) is 5.05. The monoisotopic (exact) mass is 324 g/mol. The number of nitrogens with zero attached hydrogens (tertiary/aromatic N) is 2. The summed E-state index contributed by atoms with van der Waals surface area (Å²) in [6, 6.07) is 3.91. The Morgan fingerprint density at radius 1 is 1.18 bits per heavy atom. The molecule has 1 aromatic rings. The van der Waals surface area contributed by atoms with Crippen molar-refractivity contribution in [3.05, 3.63) is 29.3 Å². The molecule has 1 heterocycles. The Balaban J connectivity index is 2.31. The van der Waals surface area contributed by atoms with Crippen molar-refractivity contribution in [3.63, 3.8) is 0 Å². The molecule has 3 nitrogen and oxygen atoms in total. The molecule has 0 aliphatic carbocycles. The van der Waals surface area contributed by atoms with Crippen LogP contribution in [0.25, 0.3) is 0 Å².